The molecule has 0 unspecified atom stereocenters. The minimum atomic E-state index is -1.03. The molecule has 1 saturated carbocycles. The van der Waals surface area contributed by atoms with Gasteiger partial charge >= 0.3 is 0 Å². The first-order valence-electron chi connectivity index (χ1n) is 6.56. The third-order valence-corrected chi connectivity index (χ3v) is 3.27. The van der Waals surface area contributed by atoms with Crippen molar-refractivity contribution >= 4 is 11.6 Å². The predicted molar refractivity (Wildman–Crippen MR) is 71.6 cm³/mol. The van der Waals surface area contributed by atoms with Crippen molar-refractivity contribution in [3.8, 4) is 0 Å². The molecule has 0 radical (unpaired) electrons. The number of nitrogens with zero attached hydrogens (tertiary/aromatic N) is 1. The first-order valence-corrected chi connectivity index (χ1v) is 6.56. The van der Waals surface area contributed by atoms with Crippen molar-refractivity contribution in [2.24, 2.45) is 10.8 Å². The number of nitrogens with one attached hydrogen (secondary N) is 2. The van der Waals surface area contributed by atoms with Gasteiger partial charge in [-0.3, -0.25) is 5.43 Å². The molecule has 1 aliphatic rings. The molecule has 20 heavy (non-hydrogen) atoms. The van der Waals surface area contributed by atoms with E-state index in [0.717, 1.165) is 25.7 Å². The number of halogens is 3. The Labute approximate surface area is 115 Å². The van der Waals surface area contributed by atoms with Crippen LogP contribution in [0.25, 0.3) is 0 Å². The smallest absolute Gasteiger partial charge is 0.210 e. The summed E-state index contributed by atoms with van der Waals surface area (Å²) in [7, 11) is 0. The van der Waals surface area contributed by atoms with Gasteiger partial charge in [0.05, 0.1) is 6.04 Å². The number of nitrogens with two attached hydrogens (primary N) is 1. The number of hydrogen-bond donors (Lipinski definition) is 3. The van der Waals surface area contributed by atoms with Crippen LogP contribution in [0, 0.1) is 17.5 Å². The van der Waals surface area contributed by atoms with Crippen molar-refractivity contribution in [3.63, 3.8) is 0 Å². The van der Waals surface area contributed by atoms with Gasteiger partial charge in [-0.2, -0.15) is 0 Å². The fourth-order valence-electron chi connectivity index (χ4n) is 2.28. The molecule has 7 heteroatoms. The number of aliphatic imine (C=N–C) groups is 1. The van der Waals surface area contributed by atoms with Gasteiger partial charge in [0, 0.05) is 12.1 Å². The van der Waals surface area contributed by atoms with E-state index in [1.54, 1.807) is 0 Å². The van der Waals surface area contributed by atoms with Gasteiger partial charge in [-0.25, -0.2) is 24.0 Å². The summed E-state index contributed by atoms with van der Waals surface area (Å²) in [5.41, 5.74) is 1.81. The van der Waals surface area contributed by atoms with Crippen LogP contribution in [0.3, 0.4) is 0 Å². The first kappa shape index (κ1) is 14.6. The van der Waals surface area contributed by atoms with Gasteiger partial charge in [-0.15, -0.1) is 0 Å². The quantitative estimate of drug-likeness (QED) is 0.339. The number of hydrazine groups is 1. The van der Waals surface area contributed by atoms with Crippen molar-refractivity contribution < 1.29 is 13.2 Å². The van der Waals surface area contributed by atoms with E-state index in [0.29, 0.717) is 12.1 Å². The molecule has 1 aromatic rings. The molecular weight excluding hydrogens is 269 g/mol. The van der Waals surface area contributed by atoms with Crippen LogP contribution in [0.4, 0.5) is 18.9 Å². The SMILES string of the molecule is NNC(=NC1CCCCC1)Nc1c(F)cc(F)cc1F. The largest absolute Gasteiger partial charge is 0.320 e. The number of hydrogen-bond acceptors (Lipinski definition) is 2. The Balaban J connectivity index is 2.15. The third kappa shape index (κ3) is 3.63. The predicted octanol–water partition coefficient (Wildman–Crippen LogP) is 2.67. The minimum absolute atomic E-state index is 0.0707. The van der Waals surface area contributed by atoms with Gasteiger partial charge in [0.1, 0.15) is 11.5 Å². The van der Waals surface area contributed by atoms with E-state index in [4.69, 9.17) is 5.84 Å². The van der Waals surface area contributed by atoms with Crippen LogP contribution in [0.1, 0.15) is 32.1 Å². The third-order valence-electron chi connectivity index (χ3n) is 3.27. The van der Waals surface area contributed by atoms with E-state index in [-0.39, 0.29) is 12.0 Å². The standard InChI is InChI=1S/C13H17F3N4/c14-8-6-10(15)12(11(16)7-8)19-13(20-17)18-9-4-2-1-3-5-9/h6-7,9H,1-5,17H2,(H2,18,19,20). The number of guanidine groups is 1. The molecule has 0 amide bonds. The van der Waals surface area contributed by atoms with Gasteiger partial charge in [0.15, 0.2) is 11.6 Å². The summed E-state index contributed by atoms with van der Waals surface area (Å²) < 4.78 is 39.9. The monoisotopic (exact) mass is 286 g/mol. The highest BCUT2D eigenvalue weighted by Crippen LogP contribution is 2.22. The van der Waals surface area contributed by atoms with Crippen LogP contribution in [0.15, 0.2) is 17.1 Å². The summed E-state index contributed by atoms with van der Waals surface area (Å²) in [5, 5.41) is 2.44. The molecule has 110 valence electrons. The Kier molecular flexibility index (Phi) is 4.84. The lowest BCUT2D eigenvalue weighted by molar-refractivity contribution is 0.442. The van der Waals surface area contributed by atoms with Crippen LogP contribution >= 0.6 is 0 Å². The highest BCUT2D eigenvalue weighted by molar-refractivity contribution is 5.93. The van der Waals surface area contributed by atoms with Crippen molar-refractivity contribution in [1.82, 2.24) is 5.43 Å². The summed E-state index contributed by atoms with van der Waals surface area (Å²) >= 11 is 0. The molecule has 1 aliphatic carbocycles. The molecule has 0 aromatic heterocycles. The maximum Gasteiger partial charge on any atom is 0.210 e. The summed E-state index contributed by atoms with van der Waals surface area (Å²) in [6, 6.07) is 1.27. The molecule has 0 heterocycles. The maximum atomic E-state index is 13.5. The van der Waals surface area contributed by atoms with Crippen molar-refractivity contribution in [2.45, 2.75) is 38.1 Å². The summed E-state index contributed by atoms with van der Waals surface area (Å²) in [6.07, 6.45) is 5.16. The van der Waals surface area contributed by atoms with Gasteiger partial charge in [-0.1, -0.05) is 19.3 Å². The fraction of sp³-hybridized carbons (Fsp3) is 0.462. The Hall–Kier alpha value is -1.76. The topological polar surface area (TPSA) is 62.4 Å². The summed E-state index contributed by atoms with van der Waals surface area (Å²) in [4.78, 5) is 4.30. The second-order valence-electron chi connectivity index (χ2n) is 4.78. The summed E-state index contributed by atoms with van der Waals surface area (Å²) in [6.45, 7) is 0. The van der Waals surface area contributed by atoms with Gasteiger partial charge in [-0.05, 0) is 12.8 Å². The molecule has 4 N–H and O–H groups in total. The lowest BCUT2D eigenvalue weighted by Gasteiger charge is -2.19. The average Bonchev–Trinajstić information content (AvgIpc) is 2.42. The van der Waals surface area contributed by atoms with Crippen molar-refractivity contribution in [3.05, 3.63) is 29.6 Å². The van der Waals surface area contributed by atoms with Gasteiger partial charge in [0.2, 0.25) is 5.96 Å². The average molecular weight is 286 g/mol. The second-order valence-corrected chi connectivity index (χ2v) is 4.78. The lowest BCUT2D eigenvalue weighted by Crippen LogP contribution is -2.38. The molecule has 0 spiro atoms. The van der Waals surface area contributed by atoms with Crippen LogP contribution in [-0.2, 0) is 0 Å². The zero-order valence-corrected chi connectivity index (χ0v) is 10.9. The van der Waals surface area contributed by atoms with Crippen molar-refractivity contribution in [2.75, 3.05) is 5.32 Å². The van der Waals surface area contributed by atoms with E-state index in [1.165, 1.54) is 6.42 Å². The molecule has 4 nitrogen and oxygen atoms in total. The highest BCUT2D eigenvalue weighted by Gasteiger charge is 2.16. The van der Waals surface area contributed by atoms with Crippen LogP contribution < -0.4 is 16.6 Å². The highest BCUT2D eigenvalue weighted by atomic mass is 19.1. The fourth-order valence-corrected chi connectivity index (χ4v) is 2.28. The number of benzene rings is 1. The molecular formula is C13H17F3N4. The second kappa shape index (κ2) is 6.60. The maximum absolute atomic E-state index is 13.5. The Morgan fingerprint density at radius 2 is 1.70 bits per heavy atom. The first-order chi connectivity index (χ1) is 9.60. The van der Waals surface area contributed by atoms with E-state index < -0.39 is 23.1 Å². The van der Waals surface area contributed by atoms with Gasteiger partial charge < -0.3 is 5.32 Å². The van der Waals surface area contributed by atoms with Crippen molar-refractivity contribution in [1.29, 1.82) is 0 Å². The molecule has 0 saturated heterocycles. The van der Waals surface area contributed by atoms with Crippen LogP contribution in [0.5, 0.6) is 0 Å². The summed E-state index contributed by atoms with van der Waals surface area (Å²) in [5.74, 6) is 2.33. The molecule has 0 atom stereocenters. The minimum Gasteiger partial charge on any atom is -0.320 e. The Bertz CT molecular complexity index is 475. The number of anilines is 1. The van der Waals surface area contributed by atoms with E-state index in [9.17, 15) is 13.2 Å². The molecule has 2 rings (SSSR count). The Morgan fingerprint density at radius 3 is 2.25 bits per heavy atom. The zero-order chi connectivity index (χ0) is 14.5. The molecule has 0 bridgehead atoms. The Morgan fingerprint density at radius 1 is 1.10 bits per heavy atom. The van der Waals surface area contributed by atoms with Gasteiger partial charge in [0.25, 0.3) is 0 Å². The molecule has 1 aromatic carbocycles. The molecule has 0 aliphatic heterocycles. The normalized spacial score (nSPS) is 17.1. The zero-order valence-electron chi connectivity index (χ0n) is 10.9. The number of rotatable bonds is 2. The lowest BCUT2D eigenvalue weighted by atomic mass is 9.96. The van der Waals surface area contributed by atoms with Crippen LogP contribution in [-0.4, -0.2) is 12.0 Å². The molecule has 1 fully saturated rings. The van der Waals surface area contributed by atoms with E-state index in [2.05, 4.69) is 15.7 Å². The van der Waals surface area contributed by atoms with E-state index in [1.807, 2.05) is 0 Å². The van der Waals surface area contributed by atoms with E-state index >= 15 is 0 Å². The van der Waals surface area contributed by atoms with Crippen LogP contribution in [0.2, 0.25) is 0 Å².